The highest BCUT2D eigenvalue weighted by molar-refractivity contribution is 7.13. The molecular formula is C14H20N2O4S. The highest BCUT2D eigenvalue weighted by atomic mass is 32.1. The second-order valence-corrected chi connectivity index (χ2v) is 6.93. The van der Waals surface area contributed by atoms with E-state index >= 15 is 0 Å². The van der Waals surface area contributed by atoms with Gasteiger partial charge < -0.3 is 15.3 Å². The van der Waals surface area contributed by atoms with Crippen molar-refractivity contribution in [2.24, 2.45) is 0 Å². The average molecular weight is 312 g/mol. The molecule has 0 bridgehead atoms. The molecule has 0 atom stereocenters. The molecule has 0 unspecified atom stereocenters. The quantitative estimate of drug-likeness (QED) is 0.862. The number of hydrogen-bond acceptors (Lipinski definition) is 4. The number of hydrogen-bond donors (Lipinski definition) is 2. The maximum Gasteiger partial charge on any atom is 0.323 e. The molecule has 0 aliphatic rings. The molecule has 1 rings (SSSR count). The van der Waals surface area contributed by atoms with Crippen LogP contribution in [0.3, 0.4) is 0 Å². The molecule has 21 heavy (non-hydrogen) atoms. The normalized spacial score (nSPS) is 11.0. The standard InChI is InChI=1S/C14H20N2O4S/c1-9-5-6-10(21-9)13(20)15-7-11(17)16(8-12(18)19)14(2,3)4/h5-6H,7-8H2,1-4H3,(H,15,20)(H,18,19). The summed E-state index contributed by atoms with van der Waals surface area (Å²) in [4.78, 5) is 37.6. The van der Waals surface area contributed by atoms with Crippen LogP contribution in [-0.4, -0.2) is 46.4 Å². The molecule has 7 heteroatoms. The van der Waals surface area contributed by atoms with Gasteiger partial charge in [0.05, 0.1) is 11.4 Å². The van der Waals surface area contributed by atoms with Gasteiger partial charge >= 0.3 is 5.97 Å². The topological polar surface area (TPSA) is 86.7 Å². The largest absolute Gasteiger partial charge is 0.480 e. The molecule has 6 nitrogen and oxygen atoms in total. The van der Waals surface area contributed by atoms with E-state index in [1.54, 1.807) is 26.8 Å². The van der Waals surface area contributed by atoms with Gasteiger partial charge in [-0.1, -0.05) is 0 Å². The Morgan fingerprint density at radius 1 is 1.29 bits per heavy atom. The monoisotopic (exact) mass is 312 g/mol. The van der Waals surface area contributed by atoms with Crippen LogP contribution in [0, 0.1) is 6.92 Å². The highest BCUT2D eigenvalue weighted by Gasteiger charge is 2.28. The van der Waals surface area contributed by atoms with E-state index in [-0.39, 0.29) is 12.5 Å². The van der Waals surface area contributed by atoms with Gasteiger partial charge in [0.15, 0.2) is 0 Å². The Morgan fingerprint density at radius 3 is 2.33 bits per heavy atom. The fourth-order valence-corrected chi connectivity index (χ4v) is 2.51. The number of rotatable bonds is 5. The van der Waals surface area contributed by atoms with E-state index in [9.17, 15) is 14.4 Å². The minimum Gasteiger partial charge on any atom is -0.480 e. The first kappa shape index (κ1) is 17.2. The molecule has 2 N–H and O–H groups in total. The van der Waals surface area contributed by atoms with Crippen molar-refractivity contribution in [3.63, 3.8) is 0 Å². The van der Waals surface area contributed by atoms with Crippen LogP contribution in [0.4, 0.5) is 0 Å². The van der Waals surface area contributed by atoms with Crippen molar-refractivity contribution < 1.29 is 19.5 Å². The summed E-state index contributed by atoms with van der Waals surface area (Å²) in [5, 5.41) is 11.4. The first-order chi connectivity index (χ1) is 9.61. The molecule has 2 amide bonds. The van der Waals surface area contributed by atoms with Gasteiger partial charge in [-0.2, -0.15) is 0 Å². The first-order valence-electron chi connectivity index (χ1n) is 6.48. The first-order valence-corrected chi connectivity index (χ1v) is 7.30. The van der Waals surface area contributed by atoms with Gasteiger partial charge in [0, 0.05) is 10.4 Å². The number of aliphatic carboxylic acids is 1. The summed E-state index contributed by atoms with van der Waals surface area (Å²) in [6.45, 7) is 6.52. The Morgan fingerprint density at radius 2 is 1.90 bits per heavy atom. The van der Waals surface area contributed by atoms with Crippen LogP contribution < -0.4 is 5.32 Å². The van der Waals surface area contributed by atoms with Gasteiger partial charge in [-0.05, 0) is 39.8 Å². The van der Waals surface area contributed by atoms with Crippen LogP contribution in [0.2, 0.25) is 0 Å². The van der Waals surface area contributed by atoms with Crippen molar-refractivity contribution in [2.45, 2.75) is 33.2 Å². The van der Waals surface area contributed by atoms with E-state index in [0.29, 0.717) is 4.88 Å². The molecule has 0 aliphatic carbocycles. The molecule has 0 saturated heterocycles. The molecule has 0 aliphatic heterocycles. The van der Waals surface area contributed by atoms with E-state index in [4.69, 9.17) is 5.11 Å². The van der Waals surface area contributed by atoms with Crippen LogP contribution in [0.15, 0.2) is 12.1 Å². The number of nitrogens with zero attached hydrogens (tertiary/aromatic N) is 1. The molecule has 0 aromatic carbocycles. The lowest BCUT2D eigenvalue weighted by Gasteiger charge is -2.34. The van der Waals surface area contributed by atoms with Crippen molar-refractivity contribution in [1.82, 2.24) is 10.2 Å². The van der Waals surface area contributed by atoms with E-state index in [1.807, 2.05) is 13.0 Å². The molecule has 1 aromatic rings. The number of aryl methyl sites for hydroxylation is 1. The van der Waals surface area contributed by atoms with Gasteiger partial charge in [0.1, 0.15) is 6.54 Å². The number of carboxylic acids is 1. The van der Waals surface area contributed by atoms with Crippen molar-refractivity contribution in [3.8, 4) is 0 Å². The molecule has 1 aromatic heterocycles. The number of nitrogens with one attached hydrogen (secondary N) is 1. The Balaban J connectivity index is 2.65. The Bertz CT molecular complexity index is 545. The summed E-state index contributed by atoms with van der Waals surface area (Å²) < 4.78 is 0. The SMILES string of the molecule is Cc1ccc(C(=O)NCC(=O)N(CC(=O)O)C(C)(C)C)s1. The van der Waals surface area contributed by atoms with Crippen molar-refractivity contribution >= 4 is 29.1 Å². The third kappa shape index (κ3) is 5.18. The lowest BCUT2D eigenvalue weighted by atomic mass is 10.1. The molecule has 0 spiro atoms. The highest BCUT2D eigenvalue weighted by Crippen LogP contribution is 2.15. The second-order valence-electron chi connectivity index (χ2n) is 5.64. The summed E-state index contributed by atoms with van der Waals surface area (Å²) >= 11 is 1.34. The number of thiophene rings is 1. The minimum atomic E-state index is -1.08. The lowest BCUT2D eigenvalue weighted by molar-refractivity contribution is -0.147. The third-order valence-corrected chi connectivity index (χ3v) is 3.77. The van der Waals surface area contributed by atoms with Gasteiger partial charge in [-0.3, -0.25) is 14.4 Å². The zero-order chi connectivity index (χ0) is 16.2. The van der Waals surface area contributed by atoms with E-state index in [1.165, 1.54) is 16.2 Å². The summed E-state index contributed by atoms with van der Waals surface area (Å²) in [5.41, 5.74) is -0.625. The Labute approximate surface area is 127 Å². The number of amides is 2. The van der Waals surface area contributed by atoms with Crippen molar-refractivity contribution in [3.05, 3.63) is 21.9 Å². The maximum atomic E-state index is 12.1. The lowest BCUT2D eigenvalue weighted by Crippen LogP contribution is -2.51. The van der Waals surface area contributed by atoms with Crippen LogP contribution >= 0.6 is 11.3 Å². The van der Waals surface area contributed by atoms with Crippen LogP contribution in [-0.2, 0) is 9.59 Å². The molecular weight excluding hydrogens is 292 g/mol. The fraction of sp³-hybridized carbons (Fsp3) is 0.500. The van der Waals surface area contributed by atoms with Crippen LogP contribution in [0.5, 0.6) is 0 Å². The average Bonchev–Trinajstić information content (AvgIpc) is 2.78. The Hall–Kier alpha value is -1.89. The van der Waals surface area contributed by atoms with E-state index < -0.39 is 24.0 Å². The molecule has 0 fully saturated rings. The molecule has 1 heterocycles. The summed E-state index contributed by atoms with van der Waals surface area (Å²) in [6.07, 6.45) is 0. The molecule has 0 saturated carbocycles. The van der Waals surface area contributed by atoms with Crippen molar-refractivity contribution in [2.75, 3.05) is 13.1 Å². The summed E-state index contributed by atoms with van der Waals surface area (Å²) in [6, 6.07) is 3.52. The van der Waals surface area contributed by atoms with Crippen LogP contribution in [0.1, 0.15) is 35.3 Å². The maximum absolute atomic E-state index is 12.1. The second kappa shape index (κ2) is 6.71. The third-order valence-electron chi connectivity index (χ3n) is 2.77. The number of carboxylic acid groups (broad SMARTS) is 1. The zero-order valence-electron chi connectivity index (χ0n) is 12.6. The Kier molecular flexibility index (Phi) is 5.48. The summed E-state index contributed by atoms with van der Waals surface area (Å²) in [7, 11) is 0. The van der Waals surface area contributed by atoms with Crippen LogP contribution in [0.25, 0.3) is 0 Å². The smallest absolute Gasteiger partial charge is 0.323 e. The predicted octanol–water partition coefficient (Wildman–Crippen LogP) is 1.50. The predicted molar refractivity (Wildman–Crippen MR) is 80.5 cm³/mol. The number of carbonyl (C=O) groups excluding carboxylic acids is 2. The van der Waals surface area contributed by atoms with Gasteiger partial charge in [-0.15, -0.1) is 11.3 Å². The van der Waals surface area contributed by atoms with Crippen molar-refractivity contribution in [1.29, 1.82) is 0 Å². The molecule has 116 valence electrons. The fourth-order valence-electron chi connectivity index (χ4n) is 1.73. The molecule has 0 radical (unpaired) electrons. The zero-order valence-corrected chi connectivity index (χ0v) is 13.4. The van der Waals surface area contributed by atoms with E-state index in [0.717, 1.165) is 4.88 Å². The minimum absolute atomic E-state index is 0.222. The number of carbonyl (C=O) groups is 3. The van der Waals surface area contributed by atoms with E-state index in [2.05, 4.69) is 5.32 Å². The van der Waals surface area contributed by atoms with Gasteiger partial charge in [-0.25, -0.2) is 0 Å². The van der Waals surface area contributed by atoms with Gasteiger partial charge in [0.25, 0.3) is 5.91 Å². The van der Waals surface area contributed by atoms with Gasteiger partial charge in [0.2, 0.25) is 5.91 Å². The summed E-state index contributed by atoms with van der Waals surface area (Å²) in [5.74, 6) is -1.84.